The van der Waals surface area contributed by atoms with Crippen molar-refractivity contribution < 1.29 is 13.9 Å². The third-order valence-corrected chi connectivity index (χ3v) is 5.43. The second kappa shape index (κ2) is 12.1. The third-order valence-electron chi connectivity index (χ3n) is 5.43. The average Bonchev–Trinajstić information content (AvgIpc) is 2.82. The van der Waals surface area contributed by atoms with Crippen LogP contribution in [0.3, 0.4) is 0 Å². The Morgan fingerprint density at radius 2 is 1.66 bits per heavy atom. The van der Waals surface area contributed by atoms with Gasteiger partial charge in [-0.3, -0.25) is 9.97 Å². The molecule has 5 heteroatoms. The summed E-state index contributed by atoms with van der Waals surface area (Å²) in [5, 5.41) is 0. The molecule has 0 bridgehead atoms. The molecule has 3 aromatic rings. The maximum absolute atomic E-state index is 14.3. The molecule has 1 heterocycles. The first kappa shape index (κ1) is 23.6. The van der Waals surface area contributed by atoms with Gasteiger partial charge in [0.1, 0.15) is 0 Å². The summed E-state index contributed by atoms with van der Waals surface area (Å²) >= 11 is 0. The molecule has 2 aromatic carbocycles. The zero-order valence-electron chi connectivity index (χ0n) is 18.9. The number of hydrogen-bond acceptors (Lipinski definition) is 4. The molecular weight excluding hydrogens is 403 g/mol. The molecule has 1 aromatic heterocycles. The SMILES string of the molecule is CCCCCCc1cnc(-c2ccc(C(=O)Oc3ccc(CCCC)cc3F)cc2)cn1. The van der Waals surface area contributed by atoms with Crippen molar-refractivity contribution in [3.8, 4) is 17.0 Å². The smallest absolute Gasteiger partial charge is 0.343 e. The molecule has 0 saturated heterocycles. The summed E-state index contributed by atoms with van der Waals surface area (Å²) < 4.78 is 19.6. The molecule has 0 amide bonds. The van der Waals surface area contributed by atoms with Gasteiger partial charge < -0.3 is 4.74 Å². The van der Waals surface area contributed by atoms with Crippen LogP contribution < -0.4 is 4.74 Å². The summed E-state index contributed by atoms with van der Waals surface area (Å²) in [7, 11) is 0. The van der Waals surface area contributed by atoms with E-state index in [1.165, 1.54) is 31.4 Å². The van der Waals surface area contributed by atoms with E-state index >= 15 is 0 Å². The molecule has 168 valence electrons. The Morgan fingerprint density at radius 3 is 2.31 bits per heavy atom. The molecule has 0 atom stereocenters. The first-order valence-corrected chi connectivity index (χ1v) is 11.5. The number of hydrogen-bond donors (Lipinski definition) is 0. The standard InChI is InChI=1S/C27H31FN2O2/c1-3-5-7-8-10-23-18-30-25(19-29-23)21-12-14-22(15-13-21)27(31)32-26-16-11-20(9-6-4-2)17-24(26)28/h11-19H,3-10H2,1-2H3. The molecule has 3 rings (SSSR count). The largest absolute Gasteiger partial charge is 0.420 e. The van der Waals surface area contributed by atoms with Crippen molar-refractivity contribution in [2.24, 2.45) is 0 Å². The number of carbonyl (C=O) groups excluding carboxylic acids is 1. The van der Waals surface area contributed by atoms with Gasteiger partial charge in [-0.15, -0.1) is 0 Å². The number of aromatic nitrogens is 2. The molecule has 0 unspecified atom stereocenters. The lowest BCUT2D eigenvalue weighted by Gasteiger charge is -2.08. The molecule has 0 aliphatic carbocycles. The third kappa shape index (κ3) is 6.71. The Bertz CT molecular complexity index is 1000. The van der Waals surface area contributed by atoms with Gasteiger partial charge in [-0.1, -0.05) is 57.7 Å². The molecule has 0 aliphatic rings. The van der Waals surface area contributed by atoms with E-state index in [-0.39, 0.29) is 5.75 Å². The van der Waals surface area contributed by atoms with Crippen LogP contribution in [0.15, 0.2) is 54.9 Å². The second-order valence-electron chi connectivity index (χ2n) is 8.04. The monoisotopic (exact) mass is 434 g/mol. The summed E-state index contributed by atoms with van der Waals surface area (Å²) in [5.41, 5.74) is 3.85. The quantitative estimate of drug-likeness (QED) is 0.186. The molecule has 0 aliphatic heterocycles. The summed E-state index contributed by atoms with van der Waals surface area (Å²) in [6.45, 7) is 4.29. The van der Waals surface area contributed by atoms with E-state index in [2.05, 4.69) is 23.8 Å². The fraction of sp³-hybridized carbons (Fsp3) is 0.370. The minimum absolute atomic E-state index is 0.0558. The lowest BCUT2D eigenvalue weighted by molar-refractivity contribution is 0.0728. The zero-order valence-corrected chi connectivity index (χ0v) is 18.9. The first-order chi connectivity index (χ1) is 15.6. The Kier molecular flexibility index (Phi) is 8.90. The summed E-state index contributed by atoms with van der Waals surface area (Å²) in [6.07, 6.45) is 12.2. The minimum Gasteiger partial charge on any atom is -0.420 e. The number of halogens is 1. The Balaban J connectivity index is 1.59. The van der Waals surface area contributed by atoms with Crippen molar-refractivity contribution in [1.82, 2.24) is 9.97 Å². The van der Waals surface area contributed by atoms with Crippen molar-refractivity contribution >= 4 is 5.97 Å². The van der Waals surface area contributed by atoms with Crippen LogP contribution in [0.25, 0.3) is 11.3 Å². The molecule has 0 N–H and O–H groups in total. The topological polar surface area (TPSA) is 52.1 Å². The van der Waals surface area contributed by atoms with E-state index < -0.39 is 11.8 Å². The first-order valence-electron chi connectivity index (χ1n) is 11.5. The summed E-state index contributed by atoms with van der Waals surface area (Å²) in [4.78, 5) is 21.5. The van der Waals surface area contributed by atoms with E-state index in [0.717, 1.165) is 54.6 Å². The number of benzene rings is 2. The predicted molar refractivity (Wildman–Crippen MR) is 125 cm³/mol. The second-order valence-corrected chi connectivity index (χ2v) is 8.04. The molecule has 0 spiro atoms. The molecule has 4 nitrogen and oxygen atoms in total. The van der Waals surface area contributed by atoms with Crippen LogP contribution in [0, 0.1) is 5.82 Å². The number of unbranched alkanes of at least 4 members (excludes halogenated alkanes) is 4. The number of carbonyl (C=O) groups is 1. The molecule has 0 radical (unpaired) electrons. The maximum Gasteiger partial charge on any atom is 0.343 e. The van der Waals surface area contributed by atoms with E-state index in [9.17, 15) is 9.18 Å². The molecule has 32 heavy (non-hydrogen) atoms. The van der Waals surface area contributed by atoms with Gasteiger partial charge in [0, 0.05) is 11.8 Å². The van der Waals surface area contributed by atoms with Gasteiger partial charge in [0.05, 0.1) is 23.1 Å². The van der Waals surface area contributed by atoms with Gasteiger partial charge in [0.15, 0.2) is 11.6 Å². The van der Waals surface area contributed by atoms with E-state index in [1.807, 2.05) is 6.20 Å². The lowest BCUT2D eigenvalue weighted by Crippen LogP contribution is -2.09. The molecule has 0 fully saturated rings. The summed E-state index contributed by atoms with van der Waals surface area (Å²) in [5.74, 6) is -1.17. The fourth-order valence-corrected chi connectivity index (χ4v) is 3.47. The van der Waals surface area contributed by atoms with Gasteiger partial charge in [-0.05, 0) is 55.5 Å². The van der Waals surface area contributed by atoms with Crippen LogP contribution in [0.2, 0.25) is 0 Å². The van der Waals surface area contributed by atoms with Gasteiger partial charge >= 0.3 is 5.97 Å². The highest BCUT2D eigenvalue weighted by molar-refractivity contribution is 5.91. The van der Waals surface area contributed by atoms with Gasteiger partial charge in [-0.2, -0.15) is 0 Å². The van der Waals surface area contributed by atoms with Gasteiger partial charge in [-0.25, -0.2) is 9.18 Å². The number of ether oxygens (including phenoxy) is 1. The van der Waals surface area contributed by atoms with Crippen LogP contribution in [-0.4, -0.2) is 15.9 Å². The molecule has 0 saturated carbocycles. The van der Waals surface area contributed by atoms with Crippen LogP contribution >= 0.6 is 0 Å². The van der Waals surface area contributed by atoms with E-state index in [4.69, 9.17) is 4.74 Å². The maximum atomic E-state index is 14.3. The normalized spacial score (nSPS) is 10.8. The van der Waals surface area contributed by atoms with Gasteiger partial charge in [0.2, 0.25) is 0 Å². The van der Waals surface area contributed by atoms with Crippen LogP contribution in [0.4, 0.5) is 4.39 Å². The Labute approximate surface area is 189 Å². The van der Waals surface area contributed by atoms with Crippen molar-refractivity contribution in [1.29, 1.82) is 0 Å². The van der Waals surface area contributed by atoms with Crippen LogP contribution in [0.5, 0.6) is 5.75 Å². The highest BCUT2D eigenvalue weighted by Gasteiger charge is 2.13. The number of aryl methyl sites for hydroxylation is 2. The van der Waals surface area contributed by atoms with Crippen molar-refractivity contribution in [2.75, 3.05) is 0 Å². The summed E-state index contributed by atoms with van der Waals surface area (Å²) in [6, 6.07) is 11.7. The van der Waals surface area contributed by atoms with Gasteiger partial charge in [0.25, 0.3) is 0 Å². The van der Waals surface area contributed by atoms with Crippen molar-refractivity contribution in [3.63, 3.8) is 0 Å². The highest BCUT2D eigenvalue weighted by atomic mass is 19.1. The van der Waals surface area contributed by atoms with Crippen molar-refractivity contribution in [2.45, 2.75) is 65.2 Å². The number of rotatable bonds is 11. The number of esters is 1. The predicted octanol–water partition coefficient (Wildman–Crippen LogP) is 6.97. The Hall–Kier alpha value is -3.08. The Morgan fingerprint density at radius 1 is 0.875 bits per heavy atom. The fourth-order valence-electron chi connectivity index (χ4n) is 3.47. The average molecular weight is 435 g/mol. The van der Waals surface area contributed by atoms with Crippen LogP contribution in [0.1, 0.15) is 74.0 Å². The minimum atomic E-state index is -0.592. The highest BCUT2D eigenvalue weighted by Crippen LogP contribution is 2.22. The van der Waals surface area contributed by atoms with E-state index in [1.54, 1.807) is 36.5 Å². The van der Waals surface area contributed by atoms with E-state index in [0.29, 0.717) is 5.56 Å². The lowest BCUT2D eigenvalue weighted by atomic mass is 10.1. The number of nitrogens with zero attached hydrogens (tertiary/aromatic N) is 2. The zero-order chi connectivity index (χ0) is 22.8. The van der Waals surface area contributed by atoms with Crippen molar-refractivity contribution in [3.05, 3.63) is 77.5 Å². The van der Waals surface area contributed by atoms with Crippen LogP contribution in [-0.2, 0) is 12.8 Å². The molecular formula is C27H31FN2O2.